The van der Waals surface area contributed by atoms with Gasteiger partial charge in [-0.2, -0.15) is 0 Å². The third-order valence-corrected chi connectivity index (χ3v) is 4.13. The molecule has 6 nitrogen and oxygen atoms in total. The first-order chi connectivity index (χ1) is 11.5. The molecule has 0 spiro atoms. The Kier molecular flexibility index (Phi) is 6.12. The van der Waals surface area contributed by atoms with Crippen molar-refractivity contribution >= 4 is 11.9 Å². The normalized spacial score (nSPS) is 13.2. The van der Waals surface area contributed by atoms with E-state index in [9.17, 15) is 14.7 Å². The fourth-order valence-corrected chi connectivity index (χ4v) is 2.49. The number of rotatable bonds is 8. The highest BCUT2D eigenvalue weighted by Gasteiger charge is 2.25. The third-order valence-electron chi connectivity index (χ3n) is 4.13. The van der Waals surface area contributed by atoms with Gasteiger partial charge in [0.2, 0.25) is 5.91 Å². The van der Waals surface area contributed by atoms with Crippen LogP contribution in [0, 0.1) is 5.92 Å². The van der Waals surface area contributed by atoms with Crippen LogP contribution in [0.1, 0.15) is 31.5 Å². The summed E-state index contributed by atoms with van der Waals surface area (Å²) in [5.74, 6) is -1.44. The number of nitrogens with zero attached hydrogens (tertiary/aromatic N) is 2. The van der Waals surface area contributed by atoms with E-state index in [4.69, 9.17) is 0 Å². The first kappa shape index (κ1) is 17.7. The number of aromatic nitrogens is 2. The molecule has 2 rings (SSSR count). The zero-order valence-corrected chi connectivity index (χ0v) is 14.0. The van der Waals surface area contributed by atoms with Crippen molar-refractivity contribution in [2.75, 3.05) is 0 Å². The van der Waals surface area contributed by atoms with Crippen LogP contribution >= 0.6 is 0 Å². The Labute approximate surface area is 141 Å². The maximum atomic E-state index is 12.2. The number of hydrogen-bond acceptors (Lipinski definition) is 3. The summed E-state index contributed by atoms with van der Waals surface area (Å²) in [4.78, 5) is 27.7. The molecule has 1 aromatic heterocycles. The molecule has 24 heavy (non-hydrogen) atoms. The first-order valence-electron chi connectivity index (χ1n) is 8.06. The zero-order valence-electron chi connectivity index (χ0n) is 14.0. The fourth-order valence-electron chi connectivity index (χ4n) is 2.49. The summed E-state index contributed by atoms with van der Waals surface area (Å²) in [5, 5.41) is 11.9. The number of nitrogens with one attached hydrogen (secondary N) is 1. The summed E-state index contributed by atoms with van der Waals surface area (Å²) in [5.41, 5.74) is 1.87. The molecule has 6 heteroatoms. The number of carbonyl (C=O) groups excluding carboxylic acids is 1. The van der Waals surface area contributed by atoms with Gasteiger partial charge in [-0.25, -0.2) is 9.78 Å². The van der Waals surface area contributed by atoms with Crippen molar-refractivity contribution in [1.29, 1.82) is 0 Å². The Morgan fingerprint density at radius 3 is 2.62 bits per heavy atom. The van der Waals surface area contributed by atoms with Crippen molar-refractivity contribution in [2.24, 2.45) is 5.92 Å². The molecule has 0 radical (unpaired) electrons. The Bertz CT molecular complexity index is 682. The second-order valence-corrected chi connectivity index (χ2v) is 5.94. The van der Waals surface area contributed by atoms with E-state index in [-0.39, 0.29) is 18.2 Å². The number of carboxylic acids is 1. The molecule has 1 heterocycles. The van der Waals surface area contributed by atoms with Gasteiger partial charge in [-0.05, 0) is 11.5 Å². The SMILES string of the molecule is CC[C@H](C)[C@H](NC(=O)Cc1cncn1Cc1ccccc1)C(=O)O. The Hall–Kier alpha value is -2.63. The van der Waals surface area contributed by atoms with Crippen molar-refractivity contribution in [1.82, 2.24) is 14.9 Å². The van der Waals surface area contributed by atoms with Gasteiger partial charge in [-0.15, -0.1) is 0 Å². The quantitative estimate of drug-likeness (QED) is 0.777. The molecular weight excluding hydrogens is 306 g/mol. The monoisotopic (exact) mass is 329 g/mol. The average molecular weight is 329 g/mol. The van der Waals surface area contributed by atoms with E-state index < -0.39 is 12.0 Å². The minimum Gasteiger partial charge on any atom is -0.480 e. The molecule has 0 saturated heterocycles. The van der Waals surface area contributed by atoms with E-state index in [1.54, 1.807) is 12.5 Å². The lowest BCUT2D eigenvalue weighted by atomic mass is 9.99. The Balaban J connectivity index is 2.02. The van der Waals surface area contributed by atoms with E-state index in [1.165, 1.54) is 0 Å². The van der Waals surface area contributed by atoms with Crippen molar-refractivity contribution in [3.05, 3.63) is 54.1 Å². The summed E-state index contributed by atoms with van der Waals surface area (Å²) in [6.45, 7) is 4.34. The van der Waals surface area contributed by atoms with E-state index in [0.717, 1.165) is 11.3 Å². The molecule has 0 bridgehead atoms. The van der Waals surface area contributed by atoms with Gasteiger partial charge >= 0.3 is 5.97 Å². The number of imidazole rings is 1. The lowest BCUT2D eigenvalue weighted by Crippen LogP contribution is -2.45. The summed E-state index contributed by atoms with van der Waals surface area (Å²) in [6.07, 6.45) is 4.11. The minimum atomic E-state index is -1.00. The van der Waals surface area contributed by atoms with Gasteiger partial charge in [0.25, 0.3) is 0 Å². The number of benzene rings is 1. The summed E-state index contributed by atoms with van der Waals surface area (Å²) < 4.78 is 1.90. The minimum absolute atomic E-state index is 0.104. The molecule has 0 saturated carbocycles. The fraction of sp³-hybridized carbons (Fsp3) is 0.389. The molecule has 1 amide bonds. The molecule has 1 aromatic carbocycles. The van der Waals surface area contributed by atoms with Crippen LogP contribution in [0.3, 0.4) is 0 Å². The molecule has 128 valence electrons. The van der Waals surface area contributed by atoms with Gasteiger partial charge < -0.3 is 15.0 Å². The van der Waals surface area contributed by atoms with E-state index >= 15 is 0 Å². The van der Waals surface area contributed by atoms with Crippen molar-refractivity contribution in [2.45, 2.75) is 39.3 Å². The van der Waals surface area contributed by atoms with Gasteiger partial charge in [0.05, 0.1) is 12.7 Å². The predicted molar refractivity (Wildman–Crippen MR) is 90.5 cm³/mol. The topological polar surface area (TPSA) is 84.2 Å². The van der Waals surface area contributed by atoms with Crippen molar-refractivity contribution in [3.63, 3.8) is 0 Å². The molecule has 2 aromatic rings. The van der Waals surface area contributed by atoms with Crippen LogP contribution < -0.4 is 5.32 Å². The maximum absolute atomic E-state index is 12.2. The van der Waals surface area contributed by atoms with E-state index in [2.05, 4.69) is 10.3 Å². The van der Waals surface area contributed by atoms with Gasteiger partial charge in [-0.1, -0.05) is 50.6 Å². The molecule has 0 aliphatic heterocycles. The highest BCUT2D eigenvalue weighted by molar-refractivity contribution is 5.84. The average Bonchev–Trinajstić information content (AvgIpc) is 2.99. The number of carbonyl (C=O) groups is 2. The highest BCUT2D eigenvalue weighted by atomic mass is 16.4. The zero-order chi connectivity index (χ0) is 17.5. The van der Waals surface area contributed by atoms with Crippen LogP contribution in [0.15, 0.2) is 42.9 Å². The smallest absolute Gasteiger partial charge is 0.326 e. The second kappa shape index (κ2) is 8.29. The number of hydrogen-bond donors (Lipinski definition) is 2. The van der Waals surface area contributed by atoms with Crippen LogP contribution in [0.2, 0.25) is 0 Å². The highest BCUT2D eigenvalue weighted by Crippen LogP contribution is 2.10. The van der Waals surface area contributed by atoms with Crippen LogP contribution in [-0.4, -0.2) is 32.6 Å². The van der Waals surface area contributed by atoms with Crippen molar-refractivity contribution < 1.29 is 14.7 Å². The summed E-state index contributed by atoms with van der Waals surface area (Å²) >= 11 is 0. The van der Waals surface area contributed by atoms with Crippen LogP contribution in [0.5, 0.6) is 0 Å². The van der Waals surface area contributed by atoms with Gasteiger partial charge in [0, 0.05) is 18.4 Å². The molecule has 2 atom stereocenters. The standard InChI is InChI=1S/C18H23N3O3/c1-3-13(2)17(18(23)24)20-16(22)9-15-10-19-12-21(15)11-14-7-5-4-6-8-14/h4-8,10,12-13,17H,3,9,11H2,1-2H3,(H,20,22)(H,23,24)/t13-,17-/m0/s1. The summed E-state index contributed by atoms with van der Waals surface area (Å²) in [7, 11) is 0. The number of carboxylic acid groups (broad SMARTS) is 1. The number of aliphatic carboxylic acids is 1. The first-order valence-corrected chi connectivity index (χ1v) is 8.06. The van der Waals surface area contributed by atoms with Crippen LogP contribution in [-0.2, 0) is 22.6 Å². The largest absolute Gasteiger partial charge is 0.480 e. The lowest BCUT2D eigenvalue weighted by molar-refractivity contribution is -0.143. The molecule has 2 N–H and O–H groups in total. The summed E-state index contributed by atoms with van der Waals surface area (Å²) in [6, 6.07) is 9.02. The lowest BCUT2D eigenvalue weighted by Gasteiger charge is -2.20. The van der Waals surface area contributed by atoms with Gasteiger partial charge in [0.15, 0.2) is 0 Å². The van der Waals surface area contributed by atoms with Crippen LogP contribution in [0.25, 0.3) is 0 Å². The third kappa shape index (κ3) is 4.68. The second-order valence-electron chi connectivity index (χ2n) is 5.94. The van der Waals surface area contributed by atoms with Gasteiger partial charge in [-0.3, -0.25) is 4.79 Å². The van der Waals surface area contributed by atoms with E-state index in [1.807, 2.05) is 48.7 Å². The number of amides is 1. The van der Waals surface area contributed by atoms with E-state index in [0.29, 0.717) is 13.0 Å². The Morgan fingerprint density at radius 1 is 1.29 bits per heavy atom. The molecule has 0 fully saturated rings. The maximum Gasteiger partial charge on any atom is 0.326 e. The Morgan fingerprint density at radius 2 is 2.00 bits per heavy atom. The molecule has 0 aliphatic rings. The molecular formula is C18H23N3O3. The van der Waals surface area contributed by atoms with Gasteiger partial charge in [0.1, 0.15) is 6.04 Å². The predicted octanol–water partition coefficient (Wildman–Crippen LogP) is 2.09. The van der Waals surface area contributed by atoms with Crippen molar-refractivity contribution in [3.8, 4) is 0 Å². The molecule has 0 aliphatic carbocycles. The molecule has 0 unspecified atom stereocenters. The van der Waals surface area contributed by atoms with Crippen LogP contribution in [0.4, 0.5) is 0 Å².